The third-order valence-electron chi connectivity index (χ3n) is 3.56. The highest BCUT2D eigenvalue weighted by Gasteiger charge is 2.17. The van der Waals surface area contributed by atoms with Gasteiger partial charge in [-0.3, -0.25) is 0 Å². The normalized spacial score (nSPS) is 11.5. The summed E-state index contributed by atoms with van der Waals surface area (Å²) in [5, 5.41) is 3.49. The van der Waals surface area contributed by atoms with Crippen molar-refractivity contribution in [2.45, 2.75) is 34.6 Å². The second-order valence-electron chi connectivity index (χ2n) is 5.57. The Morgan fingerprint density at radius 2 is 1.71 bits per heavy atom. The molecule has 0 bridgehead atoms. The van der Waals surface area contributed by atoms with Gasteiger partial charge in [-0.25, -0.2) is 0 Å². The summed E-state index contributed by atoms with van der Waals surface area (Å²) >= 11 is 0. The van der Waals surface area contributed by atoms with Gasteiger partial charge in [0.15, 0.2) is 0 Å². The summed E-state index contributed by atoms with van der Waals surface area (Å²) < 4.78 is 0. The molecular formula is C15H26N2. The molecule has 0 spiro atoms. The zero-order chi connectivity index (χ0) is 13.0. The lowest BCUT2D eigenvalue weighted by Gasteiger charge is -2.26. The Bertz CT molecular complexity index is 348. The summed E-state index contributed by atoms with van der Waals surface area (Å²) in [5.74, 6) is 2.05. The average Bonchev–Trinajstić information content (AvgIpc) is 2.23. The Hall–Kier alpha value is -1.18. The number of aryl methyl sites for hydroxylation is 1. The highest BCUT2D eigenvalue weighted by atomic mass is 14.9. The van der Waals surface area contributed by atoms with Crippen LogP contribution in [-0.2, 0) is 0 Å². The molecule has 0 radical (unpaired) electrons. The first-order valence-electron chi connectivity index (χ1n) is 6.52. The summed E-state index contributed by atoms with van der Waals surface area (Å²) in [6.07, 6.45) is 0. The van der Waals surface area contributed by atoms with Crippen molar-refractivity contribution in [1.29, 1.82) is 0 Å². The first-order chi connectivity index (χ1) is 7.93. The molecular weight excluding hydrogens is 208 g/mol. The molecule has 1 rings (SSSR count). The zero-order valence-corrected chi connectivity index (χ0v) is 11.7. The van der Waals surface area contributed by atoms with Crippen LogP contribution in [0.1, 0.15) is 33.3 Å². The van der Waals surface area contributed by atoms with E-state index in [1.807, 2.05) is 19.1 Å². The topological polar surface area (TPSA) is 38.0 Å². The number of nitrogen functional groups attached to an aromatic ring is 1. The number of para-hydroxylation sites is 1. The van der Waals surface area contributed by atoms with Gasteiger partial charge in [0.1, 0.15) is 0 Å². The Balaban J connectivity index is 2.69. The fraction of sp³-hybridized carbons (Fsp3) is 0.600. The highest BCUT2D eigenvalue weighted by molar-refractivity contribution is 5.69. The molecule has 0 fully saturated rings. The average molecular weight is 234 g/mol. The predicted molar refractivity (Wildman–Crippen MR) is 77.2 cm³/mol. The smallest absolute Gasteiger partial charge is 0.0579 e. The molecule has 0 aliphatic rings. The number of nitrogens with one attached hydrogen (secondary N) is 1. The van der Waals surface area contributed by atoms with Gasteiger partial charge < -0.3 is 11.1 Å². The van der Waals surface area contributed by atoms with Crippen molar-refractivity contribution in [2.24, 2.45) is 17.8 Å². The fourth-order valence-electron chi connectivity index (χ4n) is 2.30. The minimum Gasteiger partial charge on any atom is -0.397 e. The first-order valence-corrected chi connectivity index (χ1v) is 6.52. The largest absolute Gasteiger partial charge is 0.397 e. The molecule has 2 heteroatoms. The van der Waals surface area contributed by atoms with E-state index in [2.05, 4.69) is 39.1 Å². The maximum Gasteiger partial charge on any atom is 0.0579 e. The van der Waals surface area contributed by atoms with E-state index in [1.54, 1.807) is 0 Å². The lowest BCUT2D eigenvalue weighted by molar-refractivity contribution is 0.304. The van der Waals surface area contributed by atoms with E-state index in [-0.39, 0.29) is 0 Å². The quantitative estimate of drug-likeness (QED) is 0.758. The molecule has 0 aliphatic carbocycles. The van der Waals surface area contributed by atoms with Crippen LogP contribution in [0.5, 0.6) is 0 Å². The number of nitrogens with two attached hydrogens (primary N) is 1. The maximum atomic E-state index is 6.06. The first kappa shape index (κ1) is 13.9. The van der Waals surface area contributed by atoms with Crippen molar-refractivity contribution < 1.29 is 0 Å². The molecule has 1 aromatic carbocycles. The molecule has 17 heavy (non-hydrogen) atoms. The number of anilines is 2. The second-order valence-corrected chi connectivity index (χ2v) is 5.57. The molecule has 0 saturated carbocycles. The van der Waals surface area contributed by atoms with Gasteiger partial charge in [-0.2, -0.15) is 0 Å². The van der Waals surface area contributed by atoms with Crippen molar-refractivity contribution in [3.05, 3.63) is 23.8 Å². The van der Waals surface area contributed by atoms with E-state index in [4.69, 9.17) is 5.73 Å². The van der Waals surface area contributed by atoms with Crippen LogP contribution >= 0.6 is 0 Å². The fourth-order valence-corrected chi connectivity index (χ4v) is 2.30. The van der Waals surface area contributed by atoms with Crippen molar-refractivity contribution >= 4 is 11.4 Å². The number of benzene rings is 1. The molecule has 0 amide bonds. The SMILES string of the molecule is Cc1cccc(NCC(C(C)C)C(C)C)c1N. The predicted octanol–water partition coefficient (Wildman–Crippen LogP) is 3.92. The van der Waals surface area contributed by atoms with Crippen LogP contribution in [0, 0.1) is 24.7 Å². The molecule has 0 aliphatic heterocycles. The van der Waals surface area contributed by atoms with Gasteiger partial charge in [-0.1, -0.05) is 39.8 Å². The molecule has 0 heterocycles. The monoisotopic (exact) mass is 234 g/mol. The van der Waals surface area contributed by atoms with Gasteiger partial charge in [-0.05, 0) is 36.3 Å². The van der Waals surface area contributed by atoms with E-state index < -0.39 is 0 Å². The van der Waals surface area contributed by atoms with Crippen LogP contribution in [0.4, 0.5) is 11.4 Å². The summed E-state index contributed by atoms with van der Waals surface area (Å²) in [6, 6.07) is 6.15. The van der Waals surface area contributed by atoms with Crippen LogP contribution in [-0.4, -0.2) is 6.54 Å². The highest BCUT2D eigenvalue weighted by Crippen LogP contribution is 2.25. The lowest BCUT2D eigenvalue weighted by atomic mass is 9.85. The van der Waals surface area contributed by atoms with Crippen molar-refractivity contribution in [1.82, 2.24) is 0 Å². The molecule has 96 valence electrons. The second kappa shape index (κ2) is 5.95. The van der Waals surface area contributed by atoms with E-state index in [0.29, 0.717) is 17.8 Å². The summed E-state index contributed by atoms with van der Waals surface area (Å²) in [5.41, 5.74) is 9.14. The lowest BCUT2D eigenvalue weighted by Crippen LogP contribution is -2.24. The van der Waals surface area contributed by atoms with Gasteiger partial charge in [-0.15, -0.1) is 0 Å². The van der Waals surface area contributed by atoms with E-state index in [0.717, 1.165) is 23.5 Å². The van der Waals surface area contributed by atoms with Crippen molar-refractivity contribution in [3.8, 4) is 0 Å². The zero-order valence-electron chi connectivity index (χ0n) is 11.7. The molecule has 2 nitrogen and oxygen atoms in total. The van der Waals surface area contributed by atoms with E-state index in [9.17, 15) is 0 Å². The van der Waals surface area contributed by atoms with E-state index in [1.165, 1.54) is 0 Å². The molecule has 0 aromatic heterocycles. The van der Waals surface area contributed by atoms with Crippen LogP contribution < -0.4 is 11.1 Å². The third-order valence-corrected chi connectivity index (χ3v) is 3.56. The molecule has 3 N–H and O–H groups in total. The number of hydrogen-bond donors (Lipinski definition) is 2. The maximum absolute atomic E-state index is 6.06. The van der Waals surface area contributed by atoms with Crippen LogP contribution in [0.2, 0.25) is 0 Å². The summed E-state index contributed by atoms with van der Waals surface area (Å²) in [7, 11) is 0. The van der Waals surface area contributed by atoms with E-state index >= 15 is 0 Å². The third kappa shape index (κ3) is 3.65. The molecule has 0 atom stereocenters. The number of rotatable bonds is 5. The molecule has 0 saturated heterocycles. The van der Waals surface area contributed by atoms with Gasteiger partial charge >= 0.3 is 0 Å². The molecule has 1 aromatic rings. The van der Waals surface area contributed by atoms with Crippen LogP contribution in [0.25, 0.3) is 0 Å². The van der Waals surface area contributed by atoms with Crippen LogP contribution in [0.3, 0.4) is 0 Å². The standard InChI is InChI=1S/C15H26N2/c1-10(2)13(11(3)4)9-17-14-8-6-7-12(5)15(14)16/h6-8,10-11,13,17H,9,16H2,1-5H3. The van der Waals surface area contributed by atoms with Gasteiger partial charge in [0.2, 0.25) is 0 Å². The molecule has 0 unspecified atom stereocenters. The van der Waals surface area contributed by atoms with Gasteiger partial charge in [0.05, 0.1) is 11.4 Å². The minimum atomic E-state index is 0.676. The Morgan fingerprint density at radius 1 is 1.12 bits per heavy atom. The number of hydrogen-bond acceptors (Lipinski definition) is 2. The van der Waals surface area contributed by atoms with Gasteiger partial charge in [0, 0.05) is 6.54 Å². The Labute approximate surface area is 106 Å². The van der Waals surface area contributed by atoms with Crippen molar-refractivity contribution in [3.63, 3.8) is 0 Å². The Kier molecular flexibility index (Phi) is 4.86. The van der Waals surface area contributed by atoms with Gasteiger partial charge in [0.25, 0.3) is 0 Å². The summed E-state index contributed by atoms with van der Waals surface area (Å²) in [4.78, 5) is 0. The van der Waals surface area contributed by atoms with Crippen molar-refractivity contribution in [2.75, 3.05) is 17.6 Å². The Morgan fingerprint density at radius 3 is 2.24 bits per heavy atom. The van der Waals surface area contributed by atoms with Crippen LogP contribution in [0.15, 0.2) is 18.2 Å². The summed E-state index contributed by atoms with van der Waals surface area (Å²) in [6.45, 7) is 12.2. The minimum absolute atomic E-state index is 0.676.